The fourth-order valence-electron chi connectivity index (χ4n) is 4.76. The number of rotatable bonds is 4. The van der Waals surface area contributed by atoms with Crippen LogP contribution in [-0.4, -0.2) is 28.4 Å². The highest BCUT2D eigenvalue weighted by atomic mass is 79.9. The second-order valence-corrected chi connectivity index (χ2v) is 9.73. The highest BCUT2D eigenvalue weighted by Crippen LogP contribution is 2.39. The summed E-state index contributed by atoms with van der Waals surface area (Å²) in [6.07, 6.45) is 6.44. The third-order valence-electron chi connectivity index (χ3n) is 6.26. The van der Waals surface area contributed by atoms with Crippen molar-refractivity contribution >= 4 is 32.7 Å². The number of amides is 1. The molecule has 170 valence electrons. The summed E-state index contributed by atoms with van der Waals surface area (Å²) in [5, 5.41) is 1.18. The van der Waals surface area contributed by atoms with Crippen molar-refractivity contribution in [2.75, 3.05) is 6.54 Å². The SMILES string of the molecule is C#CC(=O)N1CCc2c([nH]c3ccc(Br)cc23)C1c1ccc(-c2ccc(OC(C)C)cc2)cc1. The molecule has 4 nitrogen and oxygen atoms in total. The fraction of sp³-hybridized carbons (Fsp3) is 0.207. The normalized spacial score (nSPS) is 15.3. The zero-order valence-electron chi connectivity index (χ0n) is 19.1. The number of nitrogens with zero attached hydrogens (tertiary/aromatic N) is 1. The van der Waals surface area contributed by atoms with E-state index in [0.29, 0.717) is 6.54 Å². The zero-order valence-corrected chi connectivity index (χ0v) is 20.7. The molecule has 0 saturated carbocycles. The average molecular weight is 513 g/mol. The predicted octanol–water partition coefficient (Wildman–Crippen LogP) is 6.49. The Kier molecular flexibility index (Phi) is 5.93. The van der Waals surface area contributed by atoms with Gasteiger partial charge in [-0.2, -0.15) is 0 Å². The molecular formula is C29H25BrN2O2. The summed E-state index contributed by atoms with van der Waals surface area (Å²) in [7, 11) is 0. The van der Waals surface area contributed by atoms with E-state index in [0.717, 1.165) is 44.5 Å². The number of aromatic amines is 1. The number of carbonyl (C=O) groups excluding carboxylic acids is 1. The first-order valence-electron chi connectivity index (χ1n) is 11.4. The van der Waals surface area contributed by atoms with Crippen LogP contribution >= 0.6 is 15.9 Å². The van der Waals surface area contributed by atoms with Crippen LogP contribution in [0.3, 0.4) is 0 Å². The molecule has 4 aromatic rings. The lowest BCUT2D eigenvalue weighted by atomic mass is 9.91. The number of ether oxygens (including phenoxy) is 1. The Hall–Kier alpha value is -3.49. The smallest absolute Gasteiger partial charge is 0.299 e. The van der Waals surface area contributed by atoms with Gasteiger partial charge < -0.3 is 14.6 Å². The summed E-state index contributed by atoms with van der Waals surface area (Å²) in [5.74, 6) is 2.89. The van der Waals surface area contributed by atoms with Crippen molar-refractivity contribution in [2.24, 2.45) is 0 Å². The molecule has 0 fully saturated rings. The fourth-order valence-corrected chi connectivity index (χ4v) is 5.13. The zero-order chi connectivity index (χ0) is 23.8. The maximum absolute atomic E-state index is 12.7. The number of benzene rings is 3. The third-order valence-corrected chi connectivity index (χ3v) is 6.75. The van der Waals surface area contributed by atoms with Gasteiger partial charge >= 0.3 is 0 Å². The first-order chi connectivity index (χ1) is 16.4. The summed E-state index contributed by atoms with van der Waals surface area (Å²) in [6, 6.07) is 22.5. The monoisotopic (exact) mass is 512 g/mol. The van der Waals surface area contributed by atoms with E-state index in [-0.39, 0.29) is 18.1 Å². The lowest BCUT2D eigenvalue weighted by molar-refractivity contribution is -0.127. The minimum Gasteiger partial charge on any atom is -0.491 e. The van der Waals surface area contributed by atoms with E-state index < -0.39 is 0 Å². The maximum Gasteiger partial charge on any atom is 0.299 e. The lowest BCUT2D eigenvalue weighted by Gasteiger charge is -2.35. The second-order valence-electron chi connectivity index (χ2n) is 8.82. The topological polar surface area (TPSA) is 45.3 Å². The van der Waals surface area contributed by atoms with Crippen molar-refractivity contribution in [1.29, 1.82) is 0 Å². The third kappa shape index (κ3) is 4.10. The molecule has 1 aliphatic heterocycles. The van der Waals surface area contributed by atoms with Gasteiger partial charge in [0.1, 0.15) is 5.75 Å². The van der Waals surface area contributed by atoms with Crippen molar-refractivity contribution in [3.8, 4) is 29.2 Å². The molecule has 3 aromatic carbocycles. The van der Waals surface area contributed by atoms with Crippen LogP contribution < -0.4 is 4.74 Å². The molecule has 1 amide bonds. The molecule has 5 heteroatoms. The highest BCUT2D eigenvalue weighted by molar-refractivity contribution is 9.10. The van der Waals surface area contributed by atoms with E-state index >= 15 is 0 Å². The van der Waals surface area contributed by atoms with Crippen molar-refractivity contribution in [3.63, 3.8) is 0 Å². The Bertz CT molecular complexity index is 1400. The van der Waals surface area contributed by atoms with Gasteiger partial charge in [-0.15, -0.1) is 6.42 Å². The molecule has 0 aliphatic carbocycles. The maximum atomic E-state index is 12.7. The van der Waals surface area contributed by atoms with Crippen molar-refractivity contribution in [2.45, 2.75) is 32.4 Å². The largest absolute Gasteiger partial charge is 0.491 e. The summed E-state index contributed by atoms with van der Waals surface area (Å²) < 4.78 is 6.79. The van der Waals surface area contributed by atoms with E-state index in [2.05, 4.69) is 75.4 Å². The van der Waals surface area contributed by atoms with Gasteiger partial charge in [0.25, 0.3) is 5.91 Å². The molecule has 5 rings (SSSR count). The molecule has 1 unspecified atom stereocenters. The van der Waals surface area contributed by atoms with E-state index in [4.69, 9.17) is 11.2 Å². The number of carbonyl (C=O) groups is 1. The summed E-state index contributed by atoms with van der Waals surface area (Å²) >= 11 is 3.58. The molecule has 1 atom stereocenters. The van der Waals surface area contributed by atoms with Crippen LogP contribution in [0.5, 0.6) is 5.75 Å². The summed E-state index contributed by atoms with van der Waals surface area (Å²) in [6.45, 7) is 4.62. The molecule has 1 N–H and O–H groups in total. The molecule has 2 heterocycles. The second kappa shape index (κ2) is 9.04. The summed E-state index contributed by atoms with van der Waals surface area (Å²) in [4.78, 5) is 18.0. The van der Waals surface area contributed by atoms with Gasteiger partial charge in [0.2, 0.25) is 0 Å². The van der Waals surface area contributed by atoms with E-state index in [1.165, 1.54) is 10.9 Å². The number of aromatic nitrogens is 1. The van der Waals surface area contributed by atoms with Crippen LogP contribution in [0, 0.1) is 12.3 Å². The first kappa shape index (κ1) is 22.3. The molecule has 0 bridgehead atoms. The Morgan fingerprint density at radius 1 is 1.09 bits per heavy atom. The molecule has 34 heavy (non-hydrogen) atoms. The Labute approximate surface area is 208 Å². The van der Waals surface area contributed by atoms with Crippen LogP contribution in [0.2, 0.25) is 0 Å². The van der Waals surface area contributed by atoms with E-state index in [1.54, 1.807) is 4.90 Å². The summed E-state index contributed by atoms with van der Waals surface area (Å²) in [5.41, 5.74) is 6.58. The van der Waals surface area contributed by atoms with Crippen LogP contribution in [0.15, 0.2) is 71.2 Å². The van der Waals surface area contributed by atoms with E-state index in [9.17, 15) is 4.79 Å². The Balaban J connectivity index is 1.53. The predicted molar refractivity (Wildman–Crippen MR) is 140 cm³/mol. The van der Waals surface area contributed by atoms with Crippen LogP contribution in [0.25, 0.3) is 22.0 Å². The van der Waals surface area contributed by atoms with Gasteiger partial charge in [-0.25, -0.2) is 0 Å². The molecule has 1 aromatic heterocycles. The van der Waals surface area contributed by atoms with Gasteiger partial charge in [-0.05, 0) is 78.8 Å². The minimum absolute atomic E-state index is 0.143. The molecule has 0 saturated heterocycles. The standard InChI is InChI=1S/C29H25BrN2O2/c1-4-27(33)32-16-15-24-25-17-22(30)11-14-26(25)31-28(24)29(32)21-7-5-19(6-8-21)20-9-12-23(13-10-20)34-18(2)3/h1,5-14,17-18,29,31H,15-16H2,2-3H3. The van der Waals surface area contributed by atoms with Crippen LogP contribution in [0.1, 0.15) is 36.7 Å². The minimum atomic E-state index is -0.291. The number of terminal acetylenes is 1. The van der Waals surface area contributed by atoms with Crippen LogP contribution in [-0.2, 0) is 11.2 Å². The lowest BCUT2D eigenvalue weighted by Crippen LogP contribution is -2.39. The van der Waals surface area contributed by atoms with Gasteiger partial charge in [-0.1, -0.05) is 52.3 Å². The Morgan fingerprint density at radius 2 is 1.76 bits per heavy atom. The molecular weight excluding hydrogens is 488 g/mol. The molecule has 0 radical (unpaired) electrons. The van der Waals surface area contributed by atoms with Gasteiger partial charge in [-0.3, -0.25) is 4.79 Å². The quantitative estimate of drug-likeness (QED) is 0.317. The average Bonchev–Trinajstić information content (AvgIpc) is 3.21. The van der Waals surface area contributed by atoms with Crippen molar-refractivity contribution in [1.82, 2.24) is 9.88 Å². The van der Waals surface area contributed by atoms with E-state index in [1.807, 2.05) is 32.0 Å². The molecule has 0 spiro atoms. The number of hydrogen-bond acceptors (Lipinski definition) is 2. The number of nitrogens with one attached hydrogen (secondary N) is 1. The Morgan fingerprint density at radius 3 is 2.41 bits per heavy atom. The number of halogens is 1. The number of hydrogen-bond donors (Lipinski definition) is 1. The van der Waals surface area contributed by atoms with Gasteiger partial charge in [0.05, 0.1) is 12.1 Å². The van der Waals surface area contributed by atoms with Crippen molar-refractivity contribution < 1.29 is 9.53 Å². The molecule has 1 aliphatic rings. The van der Waals surface area contributed by atoms with Gasteiger partial charge in [0, 0.05) is 27.6 Å². The highest BCUT2D eigenvalue weighted by Gasteiger charge is 2.34. The van der Waals surface area contributed by atoms with Gasteiger partial charge in [0.15, 0.2) is 0 Å². The number of fused-ring (bicyclic) bond motifs is 3. The van der Waals surface area contributed by atoms with Crippen molar-refractivity contribution in [3.05, 3.63) is 88.0 Å². The van der Waals surface area contributed by atoms with Crippen LogP contribution in [0.4, 0.5) is 0 Å². The number of H-pyrrole nitrogens is 1. The first-order valence-corrected chi connectivity index (χ1v) is 12.2.